The Labute approximate surface area is 162 Å². The first kappa shape index (κ1) is 19.1. The average molecular weight is 389 g/mol. The molecule has 0 saturated carbocycles. The molecule has 1 aromatic heterocycles. The van der Waals surface area contributed by atoms with E-state index in [0.717, 1.165) is 18.4 Å². The fourth-order valence-electron chi connectivity index (χ4n) is 2.94. The fourth-order valence-corrected chi connectivity index (χ4v) is 3.07. The van der Waals surface area contributed by atoms with Gasteiger partial charge in [-0.05, 0) is 43.0 Å². The van der Waals surface area contributed by atoms with Crippen molar-refractivity contribution in [2.24, 2.45) is 0 Å². The summed E-state index contributed by atoms with van der Waals surface area (Å²) in [4.78, 5) is 34.7. The molecule has 1 atom stereocenters. The topological polar surface area (TPSA) is 84.4 Å². The number of carbonyl (C=O) groups is 2. The number of rotatable bonds is 6. The zero-order chi connectivity index (χ0) is 19.1. The molecule has 7 nitrogen and oxygen atoms in total. The largest absolute Gasteiger partial charge is 0.454 e. The Hall–Kier alpha value is -2.67. The highest BCUT2D eigenvalue weighted by Gasteiger charge is 2.31. The van der Waals surface area contributed by atoms with E-state index in [4.69, 9.17) is 16.3 Å². The first-order valence-corrected chi connectivity index (χ1v) is 9.23. The van der Waals surface area contributed by atoms with E-state index in [2.05, 4.69) is 15.3 Å². The summed E-state index contributed by atoms with van der Waals surface area (Å²) in [5.74, 6) is -0.272. The maximum atomic E-state index is 12.5. The normalized spacial score (nSPS) is 16.6. The molecule has 1 aromatic carbocycles. The molecule has 3 rings (SSSR count). The number of anilines is 1. The van der Waals surface area contributed by atoms with E-state index < -0.39 is 12.0 Å². The lowest BCUT2D eigenvalue weighted by Crippen LogP contribution is -2.47. The highest BCUT2D eigenvalue weighted by molar-refractivity contribution is 6.30. The molecule has 1 fully saturated rings. The van der Waals surface area contributed by atoms with E-state index in [-0.39, 0.29) is 12.5 Å². The Morgan fingerprint density at radius 1 is 1.19 bits per heavy atom. The molecular weight excluding hydrogens is 368 g/mol. The molecule has 2 aromatic rings. The Morgan fingerprint density at radius 2 is 1.93 bits per heavy atom. The second kappa shape index (κ2) is 9.32. The molecule has 0 bridgehead atoms. The van der Waals surface area contributed by atoms with Gasteiger partial charge in [-0.25, -0.2) is 14.8 Å². The maximum absolute atomic E-state index is 12.5. The van der Waals surface area contributed by atoms with Gasteiger partial charge < -0.3 is 15.0 Å². The van der Waals surface area contributed by atoms with Crippen molar-refractivity contribution < 1.29 is 14.3 Å². The average Bonchev–Trinajstić information content (AvgIpc) is 2.72. The molecule has 0 radical (unpaired) electrons. The zero-order valence-electron chi connectivity index (χ0n) is 14.8. The van der Waals surface area contributed by atoms with Gasteiger partial charge in [0.05, 0.1) is 0 Å². The van der Waals surface area contributed by atoms with Crippen LogP contribution in [-0.4, -0.2) is 41.0 Å². The second-order valence-electron chi connectivity index (χ2n) is 6.26. The quantitative estimate of drug-likeness (QED) is 0.765. The third-order valence-corrected chi connectivity index (χ3v) is 4.58. The number of aromatic nitrogens is 2. The van der Waals surface area contributed by atoms with Gasteiger partial charge >= 0.3 is 5.97 Å². The molecule has 1 amide bonds. The number of nitrogens with zero attached hydrogens (tertiary/aromatic N) is 3. The molecule has 142 valence electrons. The lowest BCUT2D eigenvalue weighted by Gasteiger charge is -2.33. The monoisotopic (exact) mass is 388 g/mol. The SMILES string of the molecule is O=C(COC(=O)C1CCCCN1c1ncccn1)NCc1ccc(Cl)cc1. The van der Waals surface area contributed by atoms with E-state index >= 15 is 0 Å². The number of piperidine rings is 1. The van der Waals surface area contributed by atoms with Crippen molar-refractivity contribution in [2.45, 2.75) is 31.8 Å². The van der Waals surface area contributed by atoms with Gasteiger partial charge in [-0.1, -0.05) is 23.7 Å². The predicted octanol–water partition coefficient (Wildman–Crippen LogP) is 2.35. The van der Waals surface area contributed by atoms with Gasteiger partial charge in [0.15, 0.2) is 6.61 Å². The van der Waals surface area contributed by atoms with Crippen molar-refractivity contribution in [1.82, 2.24) is 15.3 Å². The van der Waals surface area contributed by atoms with Crippen LogP contribution in [-0.2, 0) is 20.9 Å². The third kappa shape index (κ3) is 5.40. The van der Waals surface area contributed by atoms with Crippen LogP contribution in [0.2, 0.25) is 5.02 Å². The third-order valence-electron chi connectivity index (χ3n) is 4.33. The lowest BCUT2D eigenvalue weighted by atomic mass is 10.0. The summed E-state index contributed by atoms with van der Waals surface area (Å²) in [5, 5.41) is 3.36. The first-order chi connectivity index (χ1) is 13.1. The minimum atomic E-state index is -0.467. The van der Waals surface area contributed by atoms with Gasteiger partial charge in [0, 0.05) is 30.5 Å². The van der Waals surface area contributed by atoms with Crippen LogP contribution >= 0.6 is 11.6 Å². The Bertz CT molecular complexity index is 770. The highest BCUT2D eigenvalue weighted by atomic mass is 35.5. The number of halogens is 1. The lowest BCUT2D eigenvalue weighted by molar-refractivity contribution is -0.150. The zero-order valence-corrected chi connectivity index (χ0v) is 15.6. The van der Waals surface area contributed by atoms with Crippen LogP contribution in [0.25, 0.3) is 0 Å². The number of ether oxygens (including phenoxy) is 1. The number of benzene rings is 1. The van der Waals surface area contributed by atoms with Crippen molar-refractivity contribution in [3.05, 3.63) is 53.3 Å². The standard InChI is InChI=1S/C19H21ClN4O3/c20-15-7-5-14(6-8-15)12-23-17(25)13-27-18(26)16-4-1-2-11-24(16)19-21-9-3-10-22-19/h3,5-10,16H,1-2,4,11-13H2,(H,23,25). The number of amides is 1. The van der Waals surface area contributed by atoms with Crippen LogP contribution < -0.4 is 10.2 Å². The number of hydrogen-bond acceptors (Lipinski definition) is 6. The van der Waals surface area contributed by atoms with Crippen molar-refractivity contribution in [1.29, 1.82) is 0 Å². The van der Waals surface area contributed by atoms with E-state index in [9.17, 15) is 9.59 Å². The van der Waals surface area contributed by atoms with Crippen LogP contribution in [0, 0.1) is 0 Å². The van der Waals surface area contributed by atoms with Crippen LogP contribution in [0.15, 0.2) is 42.7 Å². The highest BCUT2D eigenvalue weighted by Crippen LogP contribution is 2.22. The molecule has 1 N–H and O–H groups in total. The second-order valence-corrected chi connectivity index (χ2v) is 6.70. The smallest absolute Gasteiger partial charge is 0.329 e. The summed E-state index contributed by atoms with van der Waals surface area (Å²) in [6.45, 7) is 0.722. The minimum absolute atomic E-state index is 0.313. The summed E-state index contributed by atoms with van der Waals surface area (Å²) in [7, 11) is 0. The van der Waals surface area contributed by atoms with Crippen molar-refractivity contribution >= 4 is 29.4 Å². The van der Waals surface area contributed by atoms with Crippen molar-refractivity contribution in [2.75, 3.05) is 18.1 Å². The fraction of sp³-hybridized carbons (Fsp3) is 0.368. The molecule has 1 saturated heterocycles. The Kier molecular flexibility index (Phi) is 6.59. The molecule has 27 heavy (non-hydrogen) atoms. The predicted molar refractivity (Wildman–Crippen MR) is 101 cm³/mol. The number of hydrogen-bond donors (Lipinski definition) is 1. The summed E-state index contributed by atoms with van der Waals surface area (Å²) in [6.07, 6.45) is 5.83. The molecule has 0 aliphatic carbocycles. The van der Waals surface area contributed by atoms with Gasteiger partial charge in [-0.15, -0.1) is 0 Å². The van der Waals surface area contributed by atoms with Crippen LogP contribution in [0.5, 0.6) is 0 Å². The van der Waals surface area contributed by atoms with Crippen LogP contribution in [0.1, 0.15) is 24.8 Å². The summed E-state index contributed by atoms with van der Waals surface area (Å²) < 4.78 is 5.23. The maximum Gasteiger partial charge on any atom is 0.329 e. The van der Waals surface area contributed by atoms with E-state index in [0.29, 0.717) is 30.5 Å². The minimum Gasteiger partial charge on any atom is -0.454 e. The van der Waals surface area contributed by atoms with Crippen LogP contribution in [0.3, 0.4) is 0 Å². The molecule has 0 spiro atoms. The first-order valence-electron chi connectivity index (χ1n) is 8.85. The van der Waals surface area contributed by atoms with Gasteiger partial charge in [-0.3, -0.25) is 4.79 Å². The number of esters is 1. The molecular formula is C19H21ClN4O3. The molecule has 2 heterocycles. The molecule has 1 aliphatic heterocycles. The summed E-state index contributed by atoms with van der Waals surface area (Å²) in [5.41, 5.74) is 0.916. The van der Waals surface area contributed by atoms with Crippen molar-refractivity contribution in [3.8, 4) is 0 Å². The van der Waals surface area contributed by atoms with Gasteiger partial charge in [0.1, 0.15) is 6.04 Å². The summed E-state index contributed by atoms with van der Waals surface area (Å²) >= 11 is 5.83. The van der Waals surface area contributed by atoms with E-state index in [1.165, 1.54) is 0 Å². The van der Waals surface area contributed by atoms with Gasteiger partial charge in [0.25, 0.3) is 5.91 Å². The van der Waals surface area contributed by atoms with Gasteiger partial charge in [-0.2, -0.15) is 0 Å². The molecule has 8 heteroatoms. The van der Waals surface area contributed by atoms with E-state index in [1.54, 1.807) is 30.6 Å². The summed E-state index contributed by atoms with van der Waals surface area (Å²) in [6, 6.07) is 8.43. The van der Waals surface area contributed by atoms with E-state index in [1.807, 2.05) is 17.0 Å². The molecule has 1 unspecified atom stereocenters. The van der Waals surface area contributed by atoms with Gasteiger partial charge in [0.2, 0.25) is 5.95 Å². The Morgan fingerprint density at radius 3 is 2.67 bits per heavy atom. The van der Waals surface area contributed by atoms with Crippen LogP contribution in [0.4, 0.5) is 5.95 Å². The number of nitrogens with one attached hydrogen (secondary N) is 1. The van der Waals surface area contributed by atoms with Crippen molar-refractivity contribution in [3.63, 3.8) is 0 Å². The molecule has 1 aliphatic rings. The number of carbonyl (C=O) groups excluding carboxylic acids is 2. The Balaban J connectivity index is 1.49.